The molecule has 0 aromatic heterocycles. The van der Waals surface area contributed by atoms with Gasteiger partial charge in [0.15, 0.2) is 0 Å². The van der Waals surface area contributed by atoms with Gasteiger partial charge in [0.25, 0.3) is 10.0 Å². The lowest BCUT2D eigenvalue weighted by Crippen LogP contribution is -2.35. The smallest absolute Gasteiger partial charge is 0.264 e. The quantitative estimate of drug-likeness (QED) is 0.713. The van der Waals surface area contributed by atoms with Crippen LogP contribution in [0.4, 0.5) is 5.69 Å². The third kappa shape index (κ3) is 3.16. The molecule has 0 spiro atoms. The van der Waals surface area contributed by atoms with Crippen molar-refractivity contribution in [3.05, 3.63) is 72.8 Å². The van der Waals surface area contributed by atoms with Gasteiger partial charge < -0.3 is 0 Å². The summed E-state index contributed by atoms with van der Waals surface area (Å²) in [6.45, 7) is 1.19. The largest absolute Gasteiger partial charge is 0.298 e. The summed E-state index contributed by atoms with van der Waals surface area (Å²) in [5, 5.41) is 1.81. The topological polar surface area (TPSA) is 54.5 Å². The lowest BCUT2D eigenvalue weighted by Gasteiger charge is -2.23. The van der Waals surface area contributed by atoms with Gasteiger partial charge in [0.05, 0.1) is 17.1 Å². The van der Waals surface area contributed by atoms with E-state index in [1.165, 1.54) is 6.92 Å². The highest BCUT2D eigenvalue weighted by atomic mass is 32.2. The molecule has 0 aliphatic heterocycles. The van der Waals surface area contributed by atoms with Crippen LogP contribution in [0.1, 0.15) is 6.92 Å². The van der Waals surface area contributed by atoms with Crippen LogP contribution in [0.25, 0.3) is 10.8 Å². The van der Waals surface area contributed by atoms with Crippen LogP contribution in [0.15, 0.2) is 77.7 Å². The molecule has 0 radical (unpaired) electrons. The highest BCUT2D eigenvalue weighted by Gasteiger charge is 2.26. The van der Waals surface area contributed by atoms with Crippen molar-refractivity contribution in [1.29, 1.82) is 0 Å². The average molecular weight is 339 g/mol. The summed E-state index contributed by atoms with van der Waals surface area (Å²) < 4.78 is 27.3. The van der Waals surface area contributed by atoms with E-state index in [-0.39, 0.29) is 17.2 Å². The Hall–Kier alpha value is -2.66. The number of rotatable bonds is 5. The van der Waals surface area contributed by atoms with E-state index in [0.29, 0.717) is 5.69 Å². The van der Waals surface area contributed by atoms with E-state index in [0.717, 1.165) is 15.1 Å². The van der Waals surface area contributed by atoms with Crippen molar-refractivity contribution in [2.24, 2.45) is 0 Å². The summed E-state index contributed by atoms with van der Waals surface area (Å²) in [4.78, 5) is 11.8. The van der Waals surface area contributed by atoms with Gasteiger partial charge in [0.1, 0.15) is 5.78 Å². The SMILES string of the molecule is CC(=O)CN(c1ccccc1)S(=O)(=O)c1ccc2ccccc2c1. The molecule has 0 fully saturated rings. The van der Waals surface area contributed by atoms with E-state index in [9.17, 15) is 13.2 Å². The van der Waals surface area contributed by atoms with Crippen LogP contribution in [-0.4, -0.2) is 20.7 Å². The predicted octanol–water partition coefficient (Wildman–Crippen LogP) is 3.62. The molecule has 0 aliphatic carbocycles. The molecule has 3 aromatic carbocycles. The number of hydrogen-bond donors (Lipinski definition) is 0. The molecule has 0 saturated heterocycles. The van der Waals surface area contributed by atoms with E-state index in [1.807, 2.05) is 24.3 Å². The van der Waals surface area contributed by atoms with Crippen LogP contribution in [-0.2, 0) is 14.8 Å². The Kier molecular flexibility index (Phi) is 4.36. The number of benzene rings is 3. The zero-order valence-electron chi connectivity index (χ0n) is 13.2. The van der Waals surface area contributed by atoms with Crippen LogP contribution in [0.5, 0.6) is 0 Å². The average Bonchev–Trinajstić information content (AvgIpc) is 2.59. The van der Waals surface area contributed by atoms with Crippen molar-refractivity contribution < 1.29 is 13.2 Å². The Labute approximate surface area is 141 Å². The summed E-state index contributed by atoms with van der Waals surface area (Å²) in [5.41, 5.74) is 0.473. The number of carbonyl (C=O) groups is 1. The number of para-hydroxylation sites is 1. The molecule has 5 heteroatoms. The molecule has 0 saturated carbocycles. The normalized spacial score (nSPS) is 11.4. The number of nitrogens with zero attached hydrogens (tertiary/aromatic N) is 1. The van der Waals surface area contributed by atoms with Crippen LogP contribution in [0.3, 0.4) is 0 Å². The monoisotopic (exact) mass is 339 g/mol. The predicted molar refractivity (Wildman–Crippen MR) is 95.6 cm³/mol. The van der Waals surface area contributed by atoms with Crippen LogP contribution in [0, 0.1) is 0 Å². The van der Waals surface area contributed by atoms with Crippen molar-refractivity contribution in [3.63, 3.8) is 0 Å². The van der Waals surface area contributed by atoms with E-state index < -0.39 is 10.0 Å². The highest BCUT2D eigenvalue weighted by molar-refractivity contribution is 7.92. The molecule has 4 nitrogen and oxygen atoms in total. The second-order valence-electron chi connectivity index (χ2n) is 5.56. The number of sulfonamides is 1. The first-order valence-corrected chi connectivity index (χ1v) is 8.98. The minimum atomic E-state index is -3.83. The van der Waals surface area contributed by atoms with Gasteiger partial charge in [0.2, 0.25) is 0 Å². The van der Waals surface area contributed by atoms with Crippen molar-refractivity contribution in [2.45, 2.75) is 11.8 Å². The molecule has 24 heavy (non-hydrogen) atoms. The molecule has 0 aliphatic rings. The molecule has 0 unspecified atom stereocenters. The Morgan fingerprint density at radius 2 is 1.50 bits per heavy atom. The lowest BCUT2D eigenvalue weighted by atomic mass is 10.1. The van der Waals surface area contributed by atoms with Gasteiger partial charge in [0, 0.05) is 0 Å². The third-order valence-corrected chi connectivity index (χ3v) is 5.49. The Morgan fingerprint density at radius 1 is 0.875 bits per heavy atom. The molecular formula is C19H17NO3S. The number of Topliss-reactive ketones (excluding diaryl/α,β-unsaturated/α-hetero) is 1. The van der Waals surface area contributed by atoms with Gasteiger partial charge in [-0.1, -0.05) is 48.5 Å². The summed E-state index contributed by atoms with van der Waals surface area (Å²) in [7, 11) is -3.83. The van der Waals surface area contributed by atoms with E-state index in [1.54, 1.807) is 48.5 Å². The molecule has 3 rings (SSSR count). The Morgan fingerprint density at radius 3 is 2.17 bits per heavy atom. The molecule has 0 atom stereocenters. The summed E-state index contributed by atoms with van der Waals surface area (Å²) in [5.74, 6) is -0.219. The van der Waals surface area contributed by atoms with Crippen molar-refractivity contribution in [1.82, 2.24) is 0 Å². The number of carbonyl (C=O) groups excluding carboxylic acids is 1. The Balaban J connectivity index is 2.11. The first-order valence-electron chi connectivity index (χ1n) is 7.54. The minimum absolute atomic E-state index is 0.173. The second-order valence-corrected chi connectivity index (χ2v) is 7.42. The first kappa shape index (κ1) is 16.2. The van der Waals surface area contributed by atoms with E-state index >= 15 is 0 Å². The first-order chi connectivity index (χ1) is 11.5. The number of ketones is 1. The van der Waals surface area contributed by atoms with Gasteiger partial charge in [-0.05, 0) is 42.0 Å². The number of anilines is 1. The summed E-state index contributed by atoms with van der Waals surface area (Å²) in [6.07, 6.45) is 0. The molecule has 0 bridgehead atoms. The Bertz CT molecular complexity index is 982. The summed E-state index contributed by atoms with van der Waals surface area (Å²) in [6, 6.07) is 21.2. The van der Waals surface area contributed by atoms with Crippen LogP contribution in [0.2, 0.25) is 0 Å². The highest BCUT2D eigenvalue weighted by Crippen LogP contribution is 2.26. The van der Waals surface area contributed by atoms with E-state index in [2.05, 4.69) is 0 Å². The van der Waals surface area contributed by atoms with Gasteiger partial charge in [-0.2, -0.15) is 0 Å². The number of fused-ring (bicyclic) bond motifs is 1. The molecule has 0 N–H and O–H groups in total. The van der Waals surface area contributed by atoms with Gasteiger partial charge >= 0.3 is 0 Å². The zero-order chi connectivity index (χ0) is 17.2. The maximum Gasteiger partial charge on any atom is 0.264 e. The van der Waals surface area contributed by atoms with E-state index in [4.69, 9.17) is 0 Å². The summed E-state index contributed by atoms with van der Waals surface area (Å²) >= 11 is 0. The standard InChI is InChI=1S/C19H17NO3S/c1-15(21)14-20(18-9-3-2-4-10-18)24(22,23)19-12-11-16-7-5-6-8-17(16)13-19/h2-13H,14H2,1H3. The van der Waals surface area contributed by atoms with Gasteiger partial charge in [-0.25, -0.2) is 8.42 Å². The fourth-order valence-corrected chi connectivity index (χ4v) is 4.09. The molecule has 3 aromatic rings. The fourth-order valence-electron chi connectivity index (χ4n) is 2.57. The maximum absolute atomic E-state index is 13.1. The zero-order valence-corrected chi connectivity index (χ0v) is 14.0. The fraction of sp³-hybridized carbons (Fsp3) is 0.105. The van der Waals surface area contributed by atoms with Crippen molar-refractivity contribution in [2.75, 3.05) is 10.8 Å². The van der Waals surface area contributed by atoms with Crippen molar-refractivity contribution >= 4 is 32.3 Å². The van der Waals surface area contributed by atoms with Crippen LogP contribution >= 0.6 is 0 Å². The molecule has 0 heterocycles. The van der Waals surface area contributed by atoms with Gasteiger partial charge in [-0.15, -0.1) is 0 Å². The van der Waals surface area contributed by atoms with Crippen molar-refractivity contribution in [3.8, 4) is 0 Å². The lowest BCUT2D eigenvalue weighted by molar-refractivity contribution is -0.115. The molecular weight excluding hydrogens is 322 g/mol. The van der Waals surface area contributed by atoms with Gasteiger partial charge in [-0.3, -0.25) is 9.10 Å². The molecule has 122 valence electrons. The van der Waals surface area contributed by atoms with Crippen LogP contribution < -0.4 is 4.31 Å². The third-order valence-electron chi connectivity index (χ3n) is 3.72. The minimum Gasteiger partial charge on any atom is -0.298 e. The second kappa shape index (κ2) is 6.45. The number of hydrogen-bond acceptors (Lipinski definition) is 3. The molecule has 0 amide bonds. The maximum atomic E-state index is 13.1.